The van der Waals surface area contributed by atoms with Gasteiger partial charge >= 0.3 is 0 Å². The minimum Gasteiger partial charge on any atom is -0.241 e. The minimum absolute atomic E-state index is 0.175. The van der Waals surface area contributed by atoms with Gasteiger partial charge in [-0.25, -0.2) is 22.5 Å². The maximum atomic E-state index is 13.2. The molecule has 0 spiro atoms. The smallest absolute Gasteiger partial charge is 0.216 e. The molecule has 7 heteroatoms. The van der Waals surface area contributed by atoms with Gasteiger partial charge in [0.25, 0.3) is 0 Å². The van der Waals surface area contributed by atoms with E-state index in [1.165, 1.54) is 29.5 Å². The Labute approximate surface area is 150 Å². The highest BCUT2D eigenvalue weighted by atomic mass is 32.2. The highest BCUT2D eigenvalue weighted by molar-refractivity contribution is 7.88. The molecule has 3 rings (SSSR count). The molecule has 25 heavy (non-hydrogen) atoms. The second-order valence-electron chi connectivity index (χ2n) is 5.60. The fourth-order valence-electron chi connectivity index (χ4n) is 2.37. The second-order valence-corrected chi connectivity index (χ2v) is 8.49. The number of aromatic nitrogens is 1. The highest BCUT2D eigenvalue weighted by Gasteiger charge is 2.15. The van der Waals surface area contributed by atoms with E-state index in [0.717, 1.165) is 21.1 Å². The minimum atomic E-state index is -3.56. The van der Waals surface area contributed by atoms with Crippen LogP contribution < -0.4 is 4.72 Å². The zero-order chi connectivity index (χ0) is 17.9. The number of benzene rings is 2. The summed E-state index contributed by atoms with van der Waals surface area (Å²) in [5.74, 6) is -0.702. The molecule has 1 heterocycles. The Bertz CT molecular complexity index is 970. The van der Waals surface area contributed by atoms with Crippen LogP contribution in [0.1, 0.15) is 16.1 Å². The summed E-state index contributed by atoms with van der Waals surface area (Å²) < 4.78 is 40.2. The summed E-state index contributed by atoms with van der Waals surface area (Å²) in [4.78, 5) is 5.37. The van der Waals surface area contributed by atoms with Crippen LogP contribution in [-0.2, 0) is 22.3 Å². The van der Waals surface area contributed by atoms with E-state index < -0.39 is 15.8 Å². The lowest BCUT2D eigenvalue weighted by atomic mass is 10.2. The number of rotatable bonds is 6. The maximum Gasteiger partial charge on any atom is 0.216 e. The summed E-state index contributed by atoms with van der Waals surface area (Å²) in [6.45, 7) is 2.03. The first-order valence-electron chi connectivity index (χ1n) is 7.66. The molecule has 130 valence electrons. The number of aryl methyl sites for hydroxylation is 1. The maximum absolute atomic E-state index is 13.2. The van der Waals surface area contributed by atoms with Gasteiger partial charge in [0.2, 0.25) is 10.0 Å². The summed E-state index contributed by atoms with van der Waals surface area (Å²) in [5.41, 5.74) is 2.22. The van der Waals surface area contributed by atoms with Crippen molar-refractivity contribution in [3.05, 3.63) is 76.5 Å². The molecule has 1 N–H and O–H groups in total. The van der Waals surface area contributed by atoms with Crippen molar-refractivity contribution in [2.75, 3.05) is 0 Å². The quantitative estimate of drug-likeness (QED) is 0.710. The standard InChI is InChI=1S/C18H17FN2O2S2/c1-13-17(24-18(21-13)15-7-3-2-4-8-15)11-20-25(22,23)12-14-6-5-9-16(19)10-14/h2-10,20H,11-12H2,1H3. The first-order valence-corrected chi connectivity index (χ1v) is 10.1. The van der Waals surface area contributed by atoms with E-state index in [-0.39, 0.29) is 12.3 Å². The summed E-state index contributed by atoms with van der Waals surface area (Å²) in [6, 6.07) is 15.4. The van der Waals surface area contributed by atoms with Crippen LogP contribution >= 0.6 is 11.3 Å². The fourth-order valence-corrected chi connectivity index (χ4v) is 4.55. The van der Waals surface area contributed by atoms with E-state index >= 15 is 0 Å². The predicted molar refractivity (Wildman–Crippen MR) is 98.2 cm³/mol. The molecule has 0 saturated carbocycles. The van der Waals surface area contributed by atoms with Gasteiger partial charge in [-0.05, 0) is 24.6 Å². The molecule has 3 aromatic rings. The van der Waals surface area contributed by atoms with Gasteiger partial charge < -0.3 is 0 Å². The molecule has 2 aromatic carbocycles. The molecule has 0 aliphatic rings. The van der Waals surface area contributed by atoms with Gasteiger partial charge in [0, 0.05) is 17.0 Å². The van der Waals surface area contributed by atoms with Crippen molar-refractivity contribution in [3.8, 4) is 10.6 Å². The van der Waals surface area contributed by atoms with Crippen molar-refractivity contribution >= 4 is 21.4 Å². The number of thiazole rings is 1. The summed E-state index contributed by atoms with van der Waals surface area (Å²) in [5, 5.41) is 0.859. The van der Waals surface area contributed by atoms with Crippen LogP contribution in [0.4, 0.5) is 4.39 Å². The molecule has 0 saturated heterocycles. The first kappa shape index (κ1) is 17.7. The van der Waals surface area contributed by atoms with Crippen LogP contribution in [0.3, 0.4) is 0 Å². The third-order valence-electron chi connectivity index (χ3n) is 3.61. The number of sulfonamides is 1. The Morgan fingerprint density at radius 1 is 1.12 bits per heavy atom. The Morgan fingerprint density at radius 3 is 2.60 bits per heavy atom. The number of nitrogens with one attached hydrogen (secondary N) is 1. The van der Waals surface area contributed by atoms with E-state index in [9.17, 15) is 12.8 Å². The monoisotopic (exact) mass is 376 g/mol. The normalized spacial score (nSPS) is 11.6. The first-order chi connectivity index (χ1) is 11.9. The highest BCUT2D eigenvalue weighted by Crippen LogP contribution is 2.27. The Morgan fingerprint density at radius 2 is 1.88 bits per heavy atom. The van der Waals surface area contributed by atoms with Crippen LogP contribution in [0.2, 0.25) is 0 Å². The molecule has 0 radical (unpaired) electrons. The number of nitrogens with zero attached hydrogens (tertiary/aromatic N) is 1. The molecule has 0 aliphatic carbocycles. The molecule has 0 bridgehead atoms. The molecule has 0 unspecified atom stereocenters. The zero-order valence-corrected chi connectivity index (χ0v) is 15.2. The van der Waals surface area contributed by atoms with Crippen LogP contribution in [0.25, 0.3) is 10.6 Å². The van der Waals surface area contributed by atoms with Gasteiger partial charge in [0.05, 0.1) is 11.4 Å². The Balaban J connectivity index is 1.70. The van der Waals surface area contributed by atoms with Crippen molar-refractivity contribution in [3.63, 3.8) is 0 Å². The third-order valence-corrected chi connectivity index (χ3v) is 6.12. The lowest BCUT2D eigenvalue weighted by molar-refractivity contribution is 0.580. The molecule has 4 nitrogen and oxygen atoms in total. The molecular weight excluding hydrogens is 359 g/mol. The number of hydrogen-bond donors (Lipinski definition) is 1. The summed E-state index contributed by atoms with van der Waals surface area (Å²) >= 11 is 1.46. The van der Waals surface area contributed by atoms with E-state index in [1.807, 2.05) is 37.3 Å². The van der Waals surface area contributed by atoms with E-state index in [0.29, 0.717) is 5.56 Å². The number of hydrogen-bond acceptors (Lipinski definition) is 4. The van der Waals surface area contributed by atoms with Gasteiger partial charge in [-0.2, -0.15) is 0 Å². The van der Waals surface area contributed by atoms with Gasteiger partial charge in [-0.15, -0.1) is 11.3 Å². The molecular formula is C18H17FN2O2S2. The average molecular weight is 376 g/mol. The topological polar surface area (TPSA) is 59.1 Å². The summed E-state index contributed by atoms with van der Waals surface area (Å²) in [6.07, 6.45) is 0. The van der Waals surface area contributed by atoms with E-state index in [2.05, 4.69) is 9.71 Å². The van der Waals surface area contributed by atoms with Crippen LogP contribution in [-0.4, -0.2) is 13.4 Å². The Hall–Kier alpha value is -2.09. The second kappa shape index (κ2) is 7.43. The van der Waals surface area contributed by atoms with Gasteiger partial charge in [0.15, 0.2) is 0 Å². The van der Waals surface area contributed by atoms with Crippen molar-refractivity contribution in [1.29, 1.82) is 0 Å². The summed E-state index contributed by atoms with van der Waals surface area (Å²) in [7, 11) is -3.56. The fraction of sp³-hybridized carbons (Fsp3) is 0.167. The van der Waals surface area contributed by atoms with Crippen LogP contribution in [0.5, 0.6) is 0 Å². The van der Waals surface area contributed by atoms with Gasteiger partial charge in [-0.1, -0.05) is 42.5 Å². The van der Waals surface area contributed by atoms with Crippen molar-refractivity contribution < 1.29 is 12.8 Å². The van der Waals surface area contributed by atoms with Crippen molar-refractivity contribution in [1.82, 2.24) is 9.71 Å². The van der Waals surface area contributed by atoms with E-state index in [1.54, 1.807) is 6.07 Å². The molecule has 1 aromatic heterocycles. The molecule has 0 fully saturated rings. The predicted octanol–water partition coefficient (Wildman–Crippen LogP) is 3.88. The lowest BCUT2D eigenvalue weighted by Gasteiger charge is -2.06. The molecule has 0 atom stereocenters. The van der Waals surface area contributed by atoms with Gasteiger partial charge in [-0.3, -0.25) is 0 Å². The van der Waals surface area contributed by atoms with Gasteiger partial charge in [0.1, 0.15) is 10.8 Å². The molecule has 0 aliphatic heterocycles. The SMILES string of the molecule is Cc1nc(-c2ccccc2)sc1CNS(=O)(=O)Cc1cccc(F)c1. The number of halogens is 1. The molecule has 0 amide bonds. The van der Waals surface area contributed by atoms with Crippen molar-refractivity contribution in [2.45, 2.75) is 19.2 Å². The largest absolute Gasteiger partial charge is 0.241 e. The Kier molecular flexibility index (Phi) is 5.27. The zero-order valence-electron chi connectivity index (χ0n) is 13.6. The van der Waals surface area contributed by atoms with Crippen LogP contribution in [0, 0.1) is 12.7 Å². The lowest BCUT2D eigenvalue weighted by Crippen LogP contribution is -2.24. The van der Waals surface area contributed by atoms with Crippen molar-refractivity contribution in [2.24, 2.45) is 0 Å². The third kappa shape index (κ3) is 4.72. The average Bonchev–Trinajstić information content (AvgIpc) is 2.95. The van der Waals surface area contributed by atoms with E-state index in [4.69, 9.17) is 0 Å². The van der Waals surface area contributed by atoms with Crippen LogP contribution in [0.15, 0.2) is 54.6 Å².